The predicted molar refractivity (Wildman–Crippen MR) is 103 cm³/mol. The summed E-state index contributed by atoms with van der Waals surface area (Å²) in [5.74, 6) is 3.26. The molecule has 1 aromatic carbocycles. The Kier molecular flexibility index (Phi) is 4.30. The van der Waals surface area contributed by atoms with Crippen LogP contribution in [0.5, 0.6) is 0 Å². The molecule has 0 saturated carbocycles. The van der Waals surface area contributed by atoms with Crippen molar-refractivity contribution in [2.45, 2.75) is 32.0 Å². The van der Waals surface area contributed by atoms with E-state index in [4.69, 9.17) is 16.3 Å². The van der Waals surface area contributed by atoms with Crippen LogP contribution in [-0.2, 0) is 18.0 Å². The number of piperidine rings is 1. The summed E-state index contributed by atoms with van der Waals surface area (Å²) in [7, 11) is 0. The van der Waals surface area contributed by atoms with Gasteiger partial charge in [-0.15, -0.1) is 10.2 Å². The normalized spacial score (nSPS) is 17.3. The van der Waals surface area contributed by atoms with Crippen molar-refractivity contribution in [3.63, 3.8) is 0 Å². The van der Waals surface area contributed by atoms with Gasteiger partial charge < -0.3 is 9.64 Å². The third-order valence-electron chi connectivity index (χ3n) is 5.40. The first-order valence-electron chi connectivity index (χ1n) is 9.27. The first-order chi connectivity index (χ1) is 13.3. The van der Waals surface area contributed by atoms with E-state index in [2.05, 4.69) is 36.8 Å². The minimum absolute atomic E-state index is 0.358. The van der Waals surface area contributed by atoms with E-state index < -0.39 is 0 Å². The van der Waals surface area contributed by atoms with E-state index >= 15 is 0 Å². The van der Waals surface area contributed by atoms with Crippen molar-refractivity contribution in [3.8, 4) is 5.69 Å². The number of nitrogens with zero attached hydrogens (tertiary/aromatic N) is 5. The van der Waals surface area contributed by atoms with Gasteiger partial charge in [-0.1, -0.05) is 23.7 Å². The van der Waals surface area contributed by atoms with E-state index in [9.17, 15) is 0 Å². The summed E-state index contributed by atoms with van der Waals surface area (Å²) in [6.07, 6.45) is 3.89. The van der Waals surface area contributed by atoms with Gasteiger partial charge in [0, 0.05) is 35.8 Å². The van der Waals surface area contributed by atoms with E-state index in [0.717, 1.165) is 59.7 Å². The molecule has 5 rings (SSSR count). The zero-order chi connectivity index (χ0) is 18.2. The summed E-state index contributed by atoms with van der Waals surface area (Å²) in [5, 5.41) is 9.69. The molecular weight excluding hydrogens is 362 g/mol. The first-order valence-corrected chi connectivity index (χ1v) is 9.65. The highest BCUT2D eigenvalue weighted by Crippen LogP contribution is 2.34. The van der Waals surface area contributed by atoms with Crippen molar-refractivity contribution in [2.24, 2.45) is 0 Å². The van der Waals surface area contributed by atoms with E-state index in [0.29, 0.717) is 19.1 Å². The summed E-state index contributed by atoms with van der Waals surface area (Å²) in [5.41, 5.74) is 2.05. The zero-order valence-corrected chi connectivity index (χ0v) is 15.6. The van der Waals surface area contributed by atoms with Gasteiger partial charge in [-0.25, -0.2) is 4.98 Å². The monoisotopic (exact) mass is 381 g/mol. The molecule has 0 amide bonds. The van der Waals surface area contributed by atoms with Gasteiger partial charge in [0.1, 0.15) is 18.2 Å². The number of hydrogen-bond donors (Lipinski definition) is 0. The Morgan fingerprint density at radius 2 is 1.89 bits per heavy atom. The largest absolute Gasteiger partial charge is 0.369 e. The Hall–Kier alpha value is -2.44. The topological polar surface area (TPSA) is 56.1 Å². The van der Waals surface area contributed by atoms with Crippen molar-refractivity contribution in [3.05, 3.63) is 64.8 Å². The van der Waals surface area contributed by atoms with E-state index in [1.54, 1.807) is 0 Å². The van der Waals surface area contributed by atoms with Gasteiger partial charge in [-0.05, 0) is 37.1 Å². The molecule has 6 nitrogen and oxygen atoms in total. The number of hydrogen-bond acceptors (Lipinski definition) is 5. The number of rotatable bonds is 2. The van der Waals surface area contributed by atoms with Gasteiger partial charge in [0.25, 0.3) is 0 Å². The van der Waals surface area contributed by atoms with Crippen molar-refractivity contribution in [1.82, 2.24) is 19.7 Å². The van der Waals surface area contributed by atoms with Crippen LogP contribution in [0.15, 0.2) is 42.6 Å². The molecule has 7 heteroatoms. The minimum atomic E-state index is 0.358. The second-order valence-electron chi connectivity index (χ2n) is 6.99. The quantitative estimate of drug-likeness (QED) is 0.677. The fourth-order valence-electron chi connectivity index (χ4n) is 4.00. The Bertz CT molecular complexity index is 950. The van der Waals surface area contributed by atoms with E-state index in [1.165, 1.54) is 0 Å². The molecule has 138 valence electrons. The standard InChI is InChI=1S/C20H20ClN5O/c21-16-4-3-5-17-15(16)12-27-13-19-23-24-20(26(17)19)14-7-10-25(11-8-14)18-6-1-2-9-22-18/h1-6,9,14H,7-8,10-13H2. The smallest absolute Gasteiger partial charge is 0.163 e. The number of halogens is 1. The molecule has 4 heterocycles. The third kappa shape index (κ3) is 2.99. The first kappa shape index (κ1) is 16.7. The maximum Gasteiger partial charge on any atom is 0.163 e. The highest BCUT2D eigenvalue weighted by atomic mass is 35.5. The van der Waals surface area contributed by atoms with E-state index in [-0.39, 0.29) is 0 Å². The Balaban J connectivity index is 1.45. The number of pyridine rings is 1. The van der Waals surface area contributed by atoms with Crippen LogP contribution >= 0.6 is 11.6 Å². The molecule has 0 aliphatic carbocycles. The molecule has 27 heavy (non-hydrogen) atoms. The molecule has 2 aliphatic rings. The molecule has 3 aromatic rings. The summed E-state index contributed by atoms with van der Waals surface area (Å²) in [6.45, 7) is 2.87. The number of aromatic nitrogens is 4. The highest BCUT2D eigenvalue weighted by molar-refractivity contribution is 6.31. The maximum absolute atomic E-state index is 6.43. The van der Waals surface area contributed by atoms with Crippen LogP contribution < -0.4 is 4.90 Å². The lowest BCUT2D eigenvalue weighted by atomic mass is 9.95. The van der Waals surface area contributed by atoms with Crippen LogP contribution in [0.2, 0.25) is 5.02 Å². The Morgan fingerprint density at radius 3 is 2.70 bits per heavy atom. The Morgan fingerprint density at radius 1 is 1.00 bits per heavy atom. The van der Waals surface area contributed by atoms with Gasteiger partial charge in [0.05, 0.1) is 12.3 Å². The molecule has 0 N–H and O–H groups in total. The zero-order valence-electron chi connectivity index (χ0n) is 14.9. The molecule has 0 bridgehead atoms. The lowest BCUT2D eigenvalue weighted by Crippen LogP contribution is -2.34. The Labute approximate surface area is 162 Å². The third-order valence-corrected chi connectivity index (χ3v) is 5.76. The van der Waals surface area contributed by atoms with Crippen LogP contribution in [0.1, 0.15) is 36.0 Å². The minimum Gasteiger partial charge on any atom is -0.369 e. The maximum atomic E-state index is 6.43. The lowest BCUT2D eigenvalue weighted by Gasteiger charge is -2.32. The number of anilines is 1. The van der Waals surface area contributed by atoms with Gasteiger partial charge in [0.2, 0.25) is 0 Å². The van der Waals surface area contributed by atoms with Crippen LogP contribution in [0.4, 0.5) is 5.82 Å². The SMILES string of the molecule is Clc1cccc2c1COCc1nnc(C3CCN(c4ccccn4)CC3)n1-2. The van der Waals surface area contributed by atoms with Gasteiger partial charge in [0.15, 0.2) is 5.82 Å². The molecule has 1 saturated heterocycles. The lowest BCUT2D eigenvalue weighted by molar-refractivity contribution is 0.105. The average Bonchev–Trinajstić information content (AvgIpc) is 3.04. The predicted octanol–water partition coefficient (Wildman–Crippen LogP) is 3.73. The summed E-state index contributed by atoms with van der Waals surface area (Å²) in [4.78, 5) is 6.81. The molecule has 2 aliphatic heterocycles. The van der Waals surface area contributed by atoms with Gasteiger partial charge in [-0.2, -0.15) is 0 Å². The fraction of sp³-hybridized carbons (Fsp3) is 0.350. The average molecular weight is 382 g/mol. The number of ether oxygens (including phenoxy) is 1. The number of fused-ring (bicyclic) bond motifs is 3. The molecular formula is C20H20ClN5O. The van der Waals surface area contributed by atoms with Crippen molar-refractivity contribution < 1.29 is 4.74 Å². The van der Waals surface area contributed by atoms with Gasteiger partial charge >= 0.3 is 0 Å². The van der Waals surface area contributed by atoms with Crippen molar-refractivity contribution >= 4 is 17.4 Å². The second kappa shape index (κ2) is 6.94. The molecule has 0 spiro atoms. The fourth-order valence-corrected chi connectivity index (χ4v) is 4.23. The summed E-state index contributed by atoms with van der Waals surface area (Å²) >= 11 is 6.43. The highest BCUT2D eigenvalue weighted by Gasteiger charge is 2.29. The summed E-state index contributed by atoms with van der Waals surface area (Å²) < 4.78 is 7.94. The molecule has 0 atom stereocenters. The van der Waals surface area contributed by atoms with Crippen LogP contribution in [0, 0.1) is 0 Å². The van der Waals surface area contributed by atoms with Crippen LogP contribution in [0.25, 0.3) is 5.69 Å². The molecule has 2 aromatic heterocycles. The number of benzene rings is 1. The summed E-state index contributed by atoms with van der Waals surface area (Å²) in [6, 6.07) is 12.0. The molecule has 0 radical (unpaired) electrons. The molecule has 0 unspecified atom stereocenters. The van der Waals surface area contributed by atoms with Crippen molar-refractivity contribution in [1.29, 1.82) is 0 Å². The van der Waals surface area contributed by atoms with Gasteiger partial charge in [-0.3, -0.25) is 4.57 Å². The van der Waals surface area contributed by atoms with E-state index in [1.807, 2.05) is 30.5 Å². The van der Waals surface area contributed by atoms with Crippen molar-refractivity contribution in [2.75, 3.05) is 18.0 Å². The second-order valence-corrected chi connectivity index (χ2v) is 7.40. The molecule has 1 fully saturated rings. The van der Waals surface area contributed by atoms with Crippen LogP contribution in [-0.4, -0.2) is 32.8 Å². The van der Waals surface area contributed by atoms with Crippen LogP contribution in [0.3, 0.4) is 0 Å².